The Hall–Kier alpha value is -1.47. The van der Waals surface area contributed by atoms with Gasteiger partial charge in [-0.2, -0.15) is 0 Å². The topological polar surface area (TPSA) is 99.5 Å². The molecule has 1 amide bonds. The van der Waals surface area contributed by atoms with Crippen LogP contribution in [-0.2, 0) is 11.2 Å². The van der Waals surface area contributed by atoms with E-state index in [0.717, 1.165) is 11.3 Å². The number of aryl methyl sites for hydroxylation is 1. The second kappa shape index (κ2) is 11.1. The van der Waals surface area contributed by atoms with E-state index in [1.54, 1.807) is 20.8 Å². The van der Waals surface area contributed by atoms with Gasteiger partial charge in [-0.3, -0.25) is 4.79 Å². The first-order valence-corrected chi connectivity index (χ1v) is 8.18. The standard InChI is InChI=1S/C11H16N2O4S.2C2H6/c1-6-12-7(9(18-6)10(16)17)4-8(15)13-11(2,3)5-14;2*1-2/h14H,4-5H2,1-3H3,(H,13,15)(H,16,17);2*1-2H3. The number of carboxylic acids is 1. The van der Waals surface area contributed by atoms with E-state index in [2.05, 4.69) is 10.3 Å². The van der Waals surface area contributed by atoms with Crippen LogP contribution in [0.2, 0.25) is 0 Å². The van der Waals surface area contributed by atoms with Crippen molar-refractivity contribution in [3.8, 4) is 0 Å². The van der Waals surface area contributed by atoms with E-state index in [1.807, 2.05) is 27.7 Å². The van der Waals surface area contributed by atoms with E-state index < -0.39 is 11.5 Å². The van der Waals surface area contributed by atoms with Crippen molar-refractivity contribution in [1.82, 2.24) is 10.3 Å². The second-order valence-electron chi connectivity index (χ2n) is 4.58. The molecule has 1 heterocycles. The normalized spacial score (nSPS) is 9.82. The van der Waals surface area contributed by atoms with Gasteiger partial charge in [-0.15, -0.1) is 11.3 Å². The Morgan fingerprint density at radius 2 is 1.73 bits per heavy atom. The van der Waals surface area contributed by atoms with Gasteiger partial charge in [-0.05, 0) is 20.8 Å². The van der Waals surface area contributed by atoms with Gasteiger partial charge in [-0.25, -0.2) is 9.78 Å². The highest BCUT2D eigenvalue weighted by Crippen LogP contribution is 2.18. The summed E-state index contributed by atoms with van der Waals surface area (Å²) in [4.78, 5) is 26.8. The van der Waals surface area contributed by atoms with E-state index in [4.69, 9.17) is 10.2 Å². The van der Waals surface area contributed by atoms with Gasteiger partial charge in [0.1, 0.15) is 4.88 Å². The number of aliphatic hydroxyl groups is 1. The van der Waals surface area contributed by atoms with Crippen molar-refractivity contribution in [2.45, 2.75) is 60.4 Å². The van der Waals surface area contributed by atoms with E-state index in [0.29, 0.717) is 5.01 Å². The van der Waals surface area contributed by atoms with Crippen LogP contribution in [0.4, 0.5) is 0 Å². The number of aromatic nitrogens is 1. The summed E-state index contributed by atoms with van der Waals surface area (Å²) in [6.07, 6.45) is -0.102. The molecule has 1 aromatic rings. The fraction of sp³-hybridized carbons (Fsp3) is 0.667. The minimum absolute atomic E-state index is 0.0875. The first-order chi connectivity index (χ1) is 10.2. The average molecular weight is 332 g/mol. The third-order valence-corrected chi connectivity index (χ3v) is 3.20. The SMILES string of the molecule is CC.CC.Cc1nc(CC(=O)NC(C)(C)CO)c(C(=O)O)s1. The van der Waals surface area contributed by atoms with Crippen LogP contribution in [0.5, 0.6) is 0 Å². The minimum Gasteiger partial charge on any atom is -0.477 e. The molecule has 0 aliphatic rings. The predicted molar refractivity (Wildman–Crippen MR) is 89.5 cm³/mol. The Morgan fingerprint density at radius 3 is 2.14 bits per heavy atom. The molecule has 0 aliphatic carbocycles. The lowest BCUT2D eigenvalue weighted by atomic mass is 10.1. The van der Waals surface area contributed by atoms with Crippen LogP contribution in [0.25, 0.3) is 0 Å². The molecule has 0 fully saturated rings. The van der Waals surface area contributed by atoms with Crippen LogP contribution in [0.3, 0.4) is 0 Å². The van der Waals surface area contributed by atoms with E-state index >= 15 is 0 Å². The number of nitrogens with one attached hydrogen (secondary N) is 1. The van der Waals surface area contributed by atoms with Crippen LogP contribution in [0.1, 0.15) is 61.9 Å². The Bertz CT molecular complexity index is 470. The van der Waals surface area contributed by atoms with Crippen molar-refractivity contribution in [3.63, 3.8) is 0 Å². The van der Waals surface area contributed by atoms with Gasteiger partial charge in [0.05, 0.1) is 29.3 Å². The van der Waals surface area contributed by atoms with Crippen molar-refractivity contribution in [1.29, 1.82) is 0 Å². The summed E-state index contributed by atoms with van der Waals surface area (Å²) in [6, 6.07) is 0. The van der Waals surface area contributed by atoms with Gasteiger partial charge in [0, 0.05) is 0 Å². The molecule has 0 saturated heterocycles. The number of amides is 1. The molecule has 1 aromatic heterocycles. The largest absolute Gasteiger partial charge is 0.477 e. The lowest BCUT2D eigenvalue weighted by molar-refractivity contribution is -0.122. The maximum atomic E-state index is 11.7. The molecule has 0 bridgehead atoms. The number of hydrogen-bond acceptors (Lipinski definition) is 5. The van der Waals surface area contributed by atoms with Crippen molar-refractivity contribution in [3.05, 3.63) is 15.6 Å². The number of hydrogen-bond donors (Lipinski definition) is 3. The number of rotatable bonds is 5. The third-order valence-electron chi connectivity index (χ3n) is 2.20. The molecule has 128 valence electrons. The van der Waals surface area contributed by atoms with Crippen LogP contribution in [0, 0.1) is 6.92 Å². The highest BCUT2D eigenvalue weighted by Gasteiger charge is 2.22. The van der Waals surface area contributed by atoms with E-state index in [1.165, 1.54) is 0 Å². The first kappa shape index (κ1) is 22.8. The van der Waals surface area contributed by atoms with Gasteiger partial charge in [0.2, 0.25) is 5.91 Å². The van der Waals surface area contributed by atoms with Gasteiger partial charge >= 0.3 is 5.97 Å². The zero-order valence-corrected chi connectivity index (χ0v) is 15.3. The molecule has 0 aromatic carbocycles. The summed E-state index contributed by atoms with van der Waals surface area (Å²) >= 11 is 1.05. The van der Waals surface area contributed by atoms with Crippen molar-refractivity contribution in [2.75, 3.05) is 6.61 Å². The molecule has 7 heteroatoms. The van der Waals surface area contributed by atoms with Gasteiger partial charge in [-0.1, -0.05) is 27.7 Å². The summed E-state index contributed by atoms with van der Waals surface area (Å²) < 4.78 is 0. The highest BCUT2D eigenvalue weighted by atomic mass is 32.1. The molecule has 0 aliphatic heterocycles. The zero-order chi connectivity index (χ0) is 17.9. The number of aromatic carboxylic acids is 1. The van der Waals surface area contributed by atoms with Crippen molar-refractivity contribution >= 4 is 23.2 Å². The van der Waals surface area contributed by atoms with E-state index in [-0.39, 0.29) is 29.5 Å². The van der Waals surface area contributed by atoms with Gasteiger partial charge in [0.25, 0.3) is 0 Å². The van der Waals surface area contributed by atoms with Gasteiger partial charge < -0.3 is 15.5 Å². The molecule has 0 spiro atoms. The monoisotopic (exact) mass is 332 g/mol. The molecule has 0 atom stereocenters. The summed E-state index contributed by atoms with van der Waals surface area (Å²) in [5, 5.41) is 21.2. The van der Waals surface area contributed by atoms with Crippen molar-refractivity contribution < 1.29 is 19.8 Å². The van der Waals surface area contributed by atoms with Crippen LogP contribution in [-0.4, -0.2) is 39.2 Å². The molecule has 0 unspecified atom stereocenters. The zero-order valence-electron chi connectivity index (χ0n) is 14.5. The molecule has 3 N–H and O–H groups in total. The van der Waals surface area contributed by atoms with Crippen LogP contribution < -0.4 is 5.32 Å². The summed E-state index contributed by atoms with van der Waals surface area (Å²) in [6.45, 7) is 12.8. The Balaban J connectivity index is 0. The number of nitrogens with zero attached hydrogens (tertiary/aromatic N) is 1. The number of aliphatic hydroxyl groups excluding tert-OH is 1. The lowest BCUT2D eigenvalue weighted by Gasteiger charge is -2.23. The number of carboxylic acid groups (broad SMARTS) is 1. The molecular weight excluding hydrogens is 304 g/mol. The Kier molecular flexibility index (Phi) is 11.6. The smallest absolute Gasteiger partial charge is 0.347 e. The van der Waals surface area contributed by atoms with Crippen LogP contribution in [0.15, 0.2) is 0 Å². The maximum Gasteiger partial charge on any atom is 0.347 e. The Labute approximate surface area is 136 Å². The molecular formula is C15H28N2O4S. The van der Waals surface area contributed by atoms with Gasteiger partial charge in [0.15, 0.2) is 0 Å². The Morgan fingerprint density at radius 1 is 1.23 bits per heavy atom. The maximum absolute atomic E-state index is 11.7. The predicted octanol–water partition coefficient (Wildman–Crippen LogP) is 2.63. The minimum atomic E-state index is -1.08. The second-order valence-corrected chi connectivity index (χ2v) is 5.78. The van der Waals surface area contributed by atoms with Crippen molar-refractivity contribution in [2.24, 2.45) is 0 Å². The first-order valence-electron chi connectivity index (χ1n) is 7.36. The fourth-order valence-electron chi connectivity index (χ4n) is 1.37. The summed E-state index contributed by atoms with van der Waals surface area (Å²) in [7, 11) is 0. The van der Waals surface area contributed by atoms with E-state index in [9.17, 15) is 9.59 Å². The lowest BCUT2D eigenvalue weighted by Crippen LogP contribution is -2.47. The molecule has 0 radical (unpaired) electrons. The molecule has 0 saturated carbocycles. The number of thiazole rings is 1. The average Bonchev–Trinajstić information content (AvgIpc) is 2.83. The molecule has 1 rings (SSSR count). The quantitative estimate of drug-likeness (QED) is 0.770. The third kappa shape index (κ3) is 8.09. The fourth-order valence-corrected chi connectivity index (χ4v) is 2.14. The summed E-state index contributed by atoms with van der Waals surface area (Å²) in [5.41, 5.74) is -0.470. The summed E-state index contributed by atoms with van der Waals surface area (Å²) in [5.74, 6) is -1.44. The molecule has 6 nitrogen and oxygen atoms in total. The van der Waals surface area contributed by atoms with Crippen LogP contribution >= 0.6 is 11.3 Å². The molecule has 22 heavy (non-hydrogen) atoms. The highest BCUT2D eigenvalue weighted by molar-refractivity contribution is 7.13. The number of carbonyl (C=O) groups excluding carboxylic acids is 1. The number of carbonyl (C=O) groups is 2.